The lowest BCUT2D eigenvalue weighted by atomic mass is 10.1. The lowest BCUT2D eigenvalue weighted by molar-refractivity contribution is -0.144. The van der Waals surface area contributed by atoms with Crippen molar-refractivity contribution in [3.8, 4) is 0 Å². The van der Waals surface area contributed by atoms with E-state index < -0.39 is 60.2 Å². The molecule has 0 aromatic carbocycles. The van der Waals surface area contributed by atoms with Crippen molar-refractivity contribution in [2.24, 2.45) is 27.9 Å². The minimum atomic E-state index is -1.24. The highest BCUT2D eigenvalue weighted by Crippen LogP contribution is 2.20. The minimum Gasteiger partial charge on any atom is -0.480 e. The number of hydrogen-bond donors (Lipinski definition) is 7. The summed E-state index contributed by atoms with van der Waals surface area (Å²) in [7, 11) is 0. The fourth-order valence-electron chi connectivity index (χ4n) is 3.22. The van der Waals surface area contributed by atoms with Gasteiger partial charge in [0.1, 0.15) is 18.1 Å². The van der Waals surface area contributed by atoms with Crippen LogP contribution >= 0.6 is 0 Å². The molecule has 0 bridgehead atoms. The minimum absolute atomic E-state index is 0.121. The number of carboxylic acid groups (broad SMARTS) is 1. The zero-order valence-electron chi connectivity index (χ0n) is 18.0. The van der Waals surface area contributed by atoms with Crippen molar-refractivity contribution in [2.75, 3.05) is 13.1 Å². The molecule has 0 aromatic rings. The molecule has 0 saturated carbocycles. The molecule has 180 valence electrons. The van der Waals surface area contributed by atoms with Crippen LogP contribution < -0.4 is 33.6 Å². The van der Waals surface area contributed by atoms with Crippen molar-refractivity contribution in [3.63, 3.8) is 0 Å². The smallest absolute Gasteiger partial charge is 0.325 e. The summed E-state index contributed by atoms with van der Waals surface area (Å²) in [5.74, 6) is -3.97. The van der Waals surface area contributed by atoms with Gasteiger partial charge in [0.2, 0.25) is 23.6 Å². The van der Waals surface area contributed by atoms with E-state index in [0.29, 0.717) is 19.3 Å². The van der Waals surface area contributed by atoms with Gasteiger partial charge in [-0.15, -0.1) is 0 Å². The number of rotatable bonds is 12. The van der Waals surface area contributed by atoms with Crippen molar-refractivity contribution >= 4 is 35.6 Å². The molecule has 1 heterocycles. The van der Waals surface area contributed by atoms with E-state index in [-0.39, 0.29) is 25.5 Å². The van der Waals surface area contributed by atoms with Gasteiger partial charge in [-0.1, -0.05) is 0 Å². The van der Waals surface area contributed by atoms with Gasteiger partial charge in [-0.3, -0.25) is 29.0 Å². The zero-order chi connectivity index (χ0) is 24.4. The highest BCUT2D eigenvalue weighted by atomic mass is 16.4. The molecular weight excluding hydrogens is 424 g/mol. The Hall–Kier alpha value is -3.42. The molecule has 4 amide bonds. The maximum absolute atomic E-state index is 13.2. The van der Waals surface area contributed by atoms with E-state index in [0.717, 1.165) is 0 Å². The van der Waals surface area contributed by atoms with E-state index in [1.807, 2.05) is 0 Å². The SMILES string of the molecule is CC(NC(=O)C1CCCN1C(=O)C(CCCN=C(N)N)NC(=O)C(N)CC(N)=O)C(=O)O. The number of nitrogens with two attached hydrogens (primary N) is 4. The molecule has 1 saturated heterocycles. The Morgan fingerprint density at radius 1 is 1.16 bits per heavy atom. The number of amides is 4. The van der Waals surface area contributed by atoms with Crippen LogP contribution in [-0.2, 0) is 24.0 Å². The van der Waals surface area contributed by atoms with E-state index >= 15 is 0 Å². The summed E-state index contributed by atoms with van der Waals surface area (Å²) in [6.07, 6.45) is 0.949. The second kappa shape index (κ2) is 12.4. The first-order valence-corrected chi connectivity index (χ1v) is 10.2. The third-order valence-corrected chi connectivity index (χ3v) is 4.89. The lowest BCUT2D eigenvalue weighted by Crippen LogP contribution is -2.56. The number of aliphatic carboxylic acids is 1. The molecule has 4 atom stereocenters. The van der Waals surface area contributed by atoms with Gasteiger partial charge in [0, 0.05) is 13.1 Å². The summed E-state index contributed by atoms with van der Waals surface area (Å²) in [5.41, 5.74) is 21.3. The van der Waals surface area contributed by atoms with Gasteiger partial charge < -0.3 is 43.6 Å². The Labute approximate surface area is 185 Å². The molecule has 0 aromatic heterocycles. The summed E-state index contributed by atoms with van der Waals surface area (Å²) < 4.78 is 0. The van der Waals surface area contributed by atoms with E-state index in [4.69, 9.17) is 28.0 Å². The first-order chi connectivity index (χ1) is 14.9. The maximum atomic E-state index is 13.2. The number of aliphatic imine (C=N–C) groups is 1. The number of nitrogens with one attached hydrogen (secondary N) is 2. The molecule has 32 heavy (non-hydrogen) atoms. The van der Waals surface area contributed by atoms with Gasteiger partial charge in [-0.2, -0.15) is 0 Å². The van der Waals surface area contributed by atoms with Gasteiger partial charge in [-0.25, -0.2) is 0 Å². The summed E-state index contributed by atoms with van der Waals surface area (Å²) in [6.45, 7) is 1.77. The van der Waals surface area contributed by atoms with E-state index in [1.165, 1.54) is 11.8 Å². The molecule has 1 fully saturated rings. The van der Waals surface area contributed by atoms with Gasteiger partial charge in [-0.05, 0) is 32.6 Å². The molecule has 1 aliphatic rings. The van der Waals surface area contributed by atoms with E-state index in [2.05, 4.69) is 15.6 Å². The van der Waals surface area contributed by atoms with Crippen molar-refractivity contribution < 1.29 is 29.1 Å². The summed E-state index contributed by atoms with van der Waals surface area (Å²) >= 11 is 0. The molecule has 4 unspecified atom stereocenters. The van der Waals surface area contributed by atoms with Crippen LogP contribution in [0, 0.1) is 0 Å². The third kappa shape index (κ3) is 8.37. The van der Waals surface area contributed by atoms with Crippen molar-refractivity contribution in [2.45, 2.75) is 63.2 Å². The molecule has 14 heteroatoms. The highest BCUT2D eigenvalue weighted by Gasteiger charge is 2.38. The Morgan fingerprint density at radius 3 is 2.38 bits per heavy atom. The van der Waals surface area contributed by atoms with Crippen LogP contribution in [0.25, 0.3) is 0 Å². The molecule has 1 aliphatic heterocycles. The van der Waals surface area contributed by atoms with Gasteiger partial charge in [0.05, 0.1) is 12.5 Å². The number of primary amides is 1. The number of likely N-dealkylation sites (tertiary alicyclic amines) is 1. The normalized spacial score (nSPS) is 18.2. The number of carboxylic acids is 1. The predicted octanol–water partition coefficient (Wildman–Crippen LogP) is -3.69. The fraction of sp³-hybridized carbons (Fsp3) is 0.667. The molecule has 1 rings (SSSR count). The van der Waals surface area contributed by atoms with Crippen LogP contribution in [0.15, 0.2) is 4.99 Å². The second-order valence-electron chi connectivity index (χ2n) is 7.55. The average molecular weight is 457 g/mol. The molecule has 0 spiro atoms. The Bertz CT molecular complexity index is 754. The van der Waals surface area contributed by atoms with Crippen molar-refractivity contribution in [1.82, 2.24) is 15.5 Å². The Balaban J connectivity index is 2.94. The van der Waals surface area contributed by atoms with E-state index in [9.17, 15) is 24.0 Å². The summed E-state index contributed by atoms with van der Waals surface area (Å²) in [6, 6.07) is -4.29. The number of nitrogens with zero attached hydrogens (tertiary/aromatic N) is 2. The van der Waals surface area contributed by atoms with E-state index in [1.54, 1.807) is 0 Å². The fourth-order valence-corrected chi connectivity index (χ4v) is 3.22. The average Bonchev–Trinajstić information content (AvgIpc) is 3.18. The molecule has 0 radical (unpaired) electrons. The molecule has 14 nitrogen and oxygen atoms in total. The van der Waals surface area contributed by atoms with Crippen LogP contribution in [0.2, 0.25) is 0 Å². The number of carbonyl (C=O) groups excluding carboxylic acids is 4. The van der Waals surface area contributed by atoms with Crippen LogP contribution in [0.3, 0.4) is 0 Å². The van der Waals surface area contributed by atoms with Crippen LogP contribution in [0.5, 0.6) is 0 Å². The number of carbonyl (C=O) groups is 5. The zero-order valence-corrected chi connectivity index (χ0v) is 18.0. The first-order valence-electron chi connectivity index (χ1n) is 10.2. The Kier molecular flexibility index (Phi) is 10.3. The van der Waals surface area contributed by atoms with Crippen LogP contribution in [0.1, 0.15) is 39.0 Å². The van der Waals surface area contributed by atoms with Crippen LogP contribution in [-0.4, -0.2) is 82.8 Å². The van der Waals surface area contributed by atoms with Gasteiger partial charge in [0.15, 0.2) is 5.96 Å². The maximum Gasteiger partial charge on any atom is 0.325 e. The third-order valence-electron chi connectivity index (χ3n) is 4.89. The topological polar surface area (TPSA) is 249 Å². The molecule has 0 aliphatic carbocycles. The quantitative estimate of drug-likeness (QED) is 0.0865. The largest absolute Gasteiger partial charge is 0.480 e. The molecule has 11 N–H and O–H groups in total. The van der Waals surface area contributed by atoms with Gasteiger partial charge in [0.25, 0.3) is 0 Å². The van der Waals surface area contributed by atoms with Crippen molar-refractivity contribution in [3.05, 3.63) is 0 Å². The predicted molar refractivity (Wildman–Crippen MR) is 114 cm³/mol. The standard InChI is InChI=1S/C18H32N8O6/c1-9(17(31)32)24-15(29)12-5-3-7-26(12)16(30)11(4-2-6-23-18(21)22)25-14(28)10(19)8-13(20)27/h9-12H,2-8,19H2,1H3,(H2,20,27)(H,24,29)(H,25,28)(H,31,32)(H4,21,22,23). The second-order valence-corrected chi connectivity index (χ2v) is 7.55. The monoisotopic (exact) mass is 456 g/mol. The Morgan fingerprint density at radius 2 is 1.81 bits per heavy atom. The highest BCUT2D eigenvalue weighted by molar-refractivity contribution is 5.95. The van der Waals surface area contributed by atoms with Crippen molar-refractivity contribution in [1.29, 1.82) is 0 Å². The number of hydrogen-bond acceptors (Lipinski definition) is 7. The number of guanidine groups is 1. The molecular formula is C18H32N8O6. The summed E-state index contributed by atoms with van der Waals surface area (Å²) in [4.78, 5) is 65.2. The van der Waals surface area contributed by atoms with Crippen LogP contribution in [0.4, 0.5) is 0 Å². The first kappa shape index (κ1) is 26.6. The summed E-state index contributed by atoms with van der Waals surface area (Å²) in [5, 5.41) is 13.9. The lowest BCUT2D eigenvalue weighted by Gasteiger charge is -2.29. The van der Waals surface area contributed by atoms with Gasteiger partial charge >= 0.3 is 5.97 Å².